The van der Waals surface area contributed by atoms with Crippen LogP contribution in [0, 0.1) is 11.3 Å². The number of imidazole rings is 1. The van der Waals surface area contributed by atoms with Gasteiger partial charge in [-0.2, -0.15) is 9.97 Å². The van der Waals surface area contributed by atoms with E-state index in [4.69, 9.17) is 21.9 Å². The van der Waals surface area contributed by atoms with Crippen molar-refractivity contribution in [2.75, 3.05) is 12.3 Å². The van der Waals surface area contributed by atoms with Crippen LogP contribution in [0.5, 0.6) is 0 Å². The van der Waals surface area contributed by atoms with Crippen LogP contribution in [0.4, 0.5) is 5.82 Å². The smallest absolute Gasteiger partial charge is 0.226 e. The van der Waals surface area contributed by atoms with Crippen molar-refractivity contribution < 1.29 is 19.3 Å². The molecule has 9 nitrogen and oxygen atoms in total. The largest absolute Gasteiger partial charge is 0.390 e. The minimum Gasteiger partial charge on any atom is -0.390 e. The summed E-state index contributed by atoms with van der Waals surface area (Å²) in [6.07, 6.45) is 0.214. The van der Waals surface area contributed by atoms with Gasteiger partial charge in [-0.25, -0.2) is 4.98 Å². The number of nitrogens with two attached hydrogens (primary N) is 1. The Hall–Kier alpha value is -1.25. The summed E-state index contributed by atoms with van der Waals surface area (Å²) in [7, 11) is -1.35. The fourth-order valence-electron chi connectivity index (χ4n) is 3.84. The van der Waals surface area contributed by atoms with Crippen LogP contribution in [0.15, 0.2) is 6.33 Å². The van der Waals surface area contributed by atoms with E-state index in [0.29, 0.717) is 17.6 Å². The Balaban J connectivity index is 1.76. The number of anilines is 1. The quantitative estimate of drug-likeness (QED) is 0.514. The molecule has 2 aliphatic carbocycles. The van der Waals surface area contributed by atoms with E-state index >= 15 is 0 Å². The molecule has 0 spiro atoms. The van der Waals surface area contributed by atoms with E-state index in [1.807, 2.05) is 0 Å². The first-order valence-corrected chi connectivity index (χ1v) is 8.38. The number of aromatic nitrogens is 4. The number of aliphatic hydroxyl groups is 2. The van der Waals surface area contributed by atoms with Gasteiger partial charge in [0.25, 0.3) is 0 Å². The second-order valence-electron chi connectivity index (χ2n) is 6.08. The molecule has 11 heteroatoms. The Morgan fingerprint density at radius 3 is 3.04 bits per heavy atom. The van der Waals surface area contributed by atoms with Gasteiger partial charge in [-0.15, -0.1) is 0 Å². The summed E-state index contributed by atoms with van der Waals surface area (Å²) >= 11 is 5.86. The first kappa shape index (κ1) is 15.3. The molecule has 0 bridgehead atoms. The molecule has 124 valence electrons. The van der Waals surface area contributed by atoms with E-state index in [1.165, 1.54) is 6.33 Å². The Kier molecular flexibility index (Phi) is 3.40. The average molecular weight is 360 g/mol. The molecule has 4 rings (SSSR count). The van der Waals surface area contributed by atoms with Gasteiger partial charge in [-0.1, -0.05) is 0 Å². The van der Waals surface area contributed by atoms with Gasteiger partial charge in [0.2, 0.25) is 5.28 Å². The molecular weight excluding hydrogens is 345 g/mol. The summed E-state index contributed by atoms with van der Waals surface area (Å²) < 4.78 is 17.4. The zero-order valence-electron chi connectivity index (χ0n) is 11.8. The minimum atomic E-state index is -1.35. The van der Waals surface area contributed by atoms with E-state index in [1.54, 1.807) is 4.57 Å². The normalized spacial score (nSPS) is 36.1. The van der Waals surface area contributed by atoms with Crippen LogP contribution in [-0.2, 0) is 9.09 Å². The van der Waals surface area contributed by atoms with E-state index in [0.717, 1.165) is 0 Å². The number of halogens is 1. The summed E-state index contributed by atoms with van der Waals surface area (Å²) in [6.45, 7) is 0.162. The van der Waals surface area contributed by atoms with Crippen LogP contribution < -0.4 is 5.73 Å². The summed E-state index contributed by atoms with van der Waals surface area (Å²) in [4.78, 5) is 12.2. The van der Waals surface area contributed by atoms with Crippen molar-refractivity contribution in [2.24, 2.45) is 11.3 Å². The number of hydrogen-bond acceptors (Lipinski definition) is 8. The van der Waals surface area contributed by atoms with Crippen molar-refractivity contribution in [2.45, 2.75) is 24.7 Å². The molecule has 0 saturated heterocycles. The Morgan fingerprint density at radius 2 is 2.30 bits per heavy atom. The number of aliphatic hydroxyl groups excluding tert-OH is 2. The van der Waals surface area contributed by atoms with Gasteiger partial charge in [-0.3, -0.25) is 4.57 Å². The fraction of sp³-hybridized carbons (Fsp3) is 0.583. The summed E-state index contributed by atoms with van der Waals surface area (Å²) in [5.41, 5.74) is 6.03. The van der Waals surface area contributed by atoms with Crippen molar-refractivity contribution >= 4 is 37.3 Å². The van der Waals surface area contributed by atoms with Crippen molar-refractivity contribution in [1.82, 2.24) is 19.5 Å². The molecule has 2 aromatic heterocycles. The zero-order chi connectivity index (χ0) is 16.4. The third kappa shape index (κ3) is 2.04. The van der Waals surface area contributed by atoms with Gasteiger partial charge >= 0.3 is 0 Å². The van der Waals surface area contributed by atoms with Gasteiger partial charge < -0.3 is 25.0 Å². The van der Waals surface area contributed by atoms with Crippen molar-refractivity contribution in [3.8, 4) is 0 Å². The van der Waals surface area contributed by atoms with Crippen LogP contribution in [0.25, 0.3) is 11.2 Å². The second-order valence-corrected chi connectivity index (χ2v) is 6.94. The van der Waals surface area contributed by atoms with Gasteiger partial charge in [0.1, 0.15) is 11.6 Å². The fourth-order valence-corrected chi connectivity index (χ4v) is 4.39. The van der Waals surface area contributed by atoms with Crippen molar-refractivity contribution in [3.05, 3.63) is 11.6 Å². The summed E-state index contributed by atoms with van der Waals surface area (Å²) in [6, 6.07) is -0.425. The Labute approximate surface area is 136 Å². The highest BCUT2D eigenvalue weighted by molar-refractivity contribution is 7.17. The highest BCUT2D eigenvalue weighted by Gasteiger charge is 2.71. The van der Waals surface area contributed by atoms with Crippen LogP contribution in [0.2, 0.25) is 5.28 Å². The van der Waals surface area contributed by atoms with E-state index < -0.39 is 32.4 Å². The van der Waals surface area contributed by atoms with Gasteiger partial charge in [0, 0.05) is 5.41 Å². The number of rotatable bonds is 4. The lowest BCUT2D eigenvalue weighted by molar-refractivity contribution is -0.0264. The molecule has 23 heavy (non-hydrogen) atoms. The van der Waals surface area contributed by atoms with E-state index in [9.17, 15) is 14.8 Å². The molecule has 2 aromatic rings. The van der Waals surface area contributed by atoms with Crippen LogP contribution >= 0.6 is 20.3 Å². The molecule has 6 atom stereocenters. The van der Waals surface area contributed by atoms with E-state index in [-0.39, 0.29) is 23.6 Å². The highest BCUT2D eigenvalue weighted by Crippen LogP contribution is 2.68. The van der Waals surface area contributed by atoms with Crippen LogP contribution in [0.1, 0.15) is 12.5 Å². The molecule has 0 aliphatic heterocycles. The van der Waals surface area contributed by atoms with Crippen LogP contribution in [-0.4, -0.2) is 48.5 Å². The van der Waals surface area contributed by atoms with Gasteiger partial charge in [-0.05, 0) is 23.9 Å². The predicted molar refractivity (Wildman–Crippen MR) is 82.7 cm³/mol. The lowest BCUT2D eigenvalue weighted by Gasteiger charge is -2.23. The van der Waals surface area contributed by atoms with Crippen molar-refractivity contribution in [1.29, 1.82) is 0 Å². The number of hydrogen-bond donors (Lipinski definition) is 3. The molecule has 2 fully saturated rings. The molecule has 0 radical (unpaired) electrons. The molecular formula is C12H15ClN5O4P. The second kappa shape index (κ2) is 5.12. The number of nitrogen functional groups attached to an aromatic ring is 1. The minimum absolute atomic E-state index is 0.00914. The molecule has 6 unspecified atom stereocenters. The summed E-state index contributed by atoms with van der Waals surface area (Å²) in [5, 5.41) is 20.8. The molecule has 0 aromatic carbocycles. The monoisotopic (exact) mass is 359 g/mol. The molecule has 4 N–H and O–H groups in total. The zero-order valence-corrected chi connectivity index (χ0v) is 13.7. The average Bonchev–Trinajstić information content (AvgIpc) is 3.01. The first-order chi connectivity index (χ1) is 11.0. The van der Waals surface area contributed by atoms with Crippen LogP contribution in [0.3, 0.4) is 0 Å². The Morgan fingerprint density at radius 1 is 1.52 bits per heavy atom. The van der Waals surface area contributed by atoms with Gasteiger partial charge in [0.15, 0.2) is 20.2 Å². The maximum atomic E-state index is 10.7. The highest BCUT2D eigenvalue weighted by atomic mass is 35.5. The lowest BCUT2D eigenvalue weighted by Crippen LogP contribution is -2.35. The van der Waals surface area contributed by atoms with Crippen molar-refractivity contribution in [3.63, 3.8) is 0 Å². The molecule has 2 aliphatic rings. The Bertz CT molecular complexity index is 803. The molecule has 0 amide bonds. The van der Waals surface area contributed by atoms with E-state index in [2.05, 4.69) is 15.0 Å². The SMILES string of the molecule is Nc1nc(Cl)nc2c1ncn2C1C(O)C(O)C2(CO[PH2]=O)CC12. The topological polar surface area (TPSA) is 136 Å². The summed E-state index contributed by atoms with van der Waals surface area (Å²) in [5.74, 6) is 0.137. The number of fused-ring (bicyclic) bond motifs is 2. The first-order valence-electron chi connectivity index (χ1n) is 7.06. The molecule has 2 heterocycles. The third-order valence-electron chi connectivity index (χ3n) is 5.02. The maximum Gasteiger partial charge on any atom is 0.226 e. The van der Waals surface area contributed by atoms with Gasteiger partial charge in [0.05, 0.1) is 25.1 Å². The third-order valence-corrected chi connectivity index (χ3v) is 5.49. The number of nitrogens with zero attached hydrogens (tertiary/aromatic N) is 4. The molecule has 2 saturated carbocycles. The lowest BCUT2D eigenvalue weighted by atomic mass is 10.0. The maximum absolute atomic E-state index is 10.7. The predicted octanol–water partition coefficient (Wildman–Crippen LogP) is 0.0326. The standard InChI is InChI=1S/C12H15ClN5O4P/c13-11-16-9(14)5-10(17-11)18(3-15-5)6-4-1-12(4,2-22-23-21)8(20)7(6)19/h3-4,6-8,19-20H,1-2,23H2,(H2,14,16,17).